The molecule has 0 heterocycles. The van der Waals surface area contributed by atoms with Crippen LogP contribution in [0.25, 0.3) is 0 Å². The summed E-state index contributed by atoms with van der Waals surface area (Å²) in [6.45, 7) is 2.28. The Balaban J connectivity index is 2.19. The van der Waals surface area contributed by atoms with E-state index >= 15 is 0 Å². The molecule has 0 radical (unpaired) electrons. The predicted molar refractivity (Wildman–Crippen MR) is 97.3 cm³/mol. The second-order valence-electron chi connectivity index (χ2n) is 7.40. The largest absolute Gasteiger partial charge is 0.469 e. The molecule has 1 saturated carbocycles. The van der Waals surface area contributed by atoms with Crippen molar-refractivity contribution in [3.05, 3.63) is 0 Å². The minimum atomic E-state index is -0.0774. The monoisotopic (exact) mass is 325 g/mol. The topological polar surface area (TPSA) is 52.3 Å². The molecule has 0 unspecified atom stereocenters. The first-order valence-electron chi connectivity index (χ1n) is 10.0. The highest BCUT2D eigenvalue weighted by Crippen LogP contribution is 2.36. The van der Waals surface area contributed by atoms with Gasteiger partial charge in [0.15, 0.2) is 0 Å². The van der Waals surface area contributed by atoms with E-state index in [4.69, 9.17) is 5.73 Å². The van der Waals surface area contributed by atoms with Crippen molar-refractivity contribution in [3.8, 4) is 0 Å². The Morgan fingerprint density at radius 3 is 2.43 bits per heavy atom. The molecule has 1 aliphatic carbocycles. The third kappa shape index (κ3) is 8.74. The average Bonchev–Trinajstić information content (AvgIpc) is 2.56. The van der Waals surface area contributed by atoms with Crippen LogP contribution in [0.1, 0.15) is 96.8 Å². The molecule has 1 rings (SSSR count). The van der Waals surface area contributed by atoms with Crippen molar-refractivity contribution >= 4 is 5.97 Å². The number of ether oxygens (including phenoxy) is 1. The molecule has 0 aromatic rings. The first-order valence-corrected chi connectivity index (χ1v) is 10.0. The molecule has 0 bridgehead atoms. The molecule has 3 heteroatoms. The third-order valence-electron chi connectivity index (χ3n) is 5.59. The van der Waals surface area contributed by atoms with Crippen LogP contribution >= 0.6 is 0 Å². The molecule has 0 spiro atoms. The quantitative estimate of drug-likeness (QED) is 0.395. The van der Waals surface area contributed by atoms with Gasteiger partial charge in [0.25, 0.3) is 0 Å². The Kier molecular flexibility index (Phi) is 11.4. The summed E-state index contributed by atoms with van der Waals surface area (Å²) in [6.07, 6.45) is 17.3. The Morgan fingerprint density at radius 1 is 1.00 bits per heavy atom. The van der Waals surface area contributed by atoms with E-state index in [1.165, 1.54) is 77.7 Å². The van der Waals surface area contributed by atoms with Gasteiger partial charge in [-0.25, -0.2) is 0 Å². The van der Waals surface area contributed by atoms with Crippen LogP contribution in [0.3, 0.4) is 0 Å². The van der Waals surface area contributed by atoms with Crippen molar-refractivity contribution in [1.82, 2.24) is 0 Å². The second-order valence-corrected chi connectivity index (χ2v) is 7.40. The maximum Gasteiger partial charge on any atom is 0.305 e. The van der Waals surface area contributed by atoms with Crippen molar-refractivity contribution in [3.63, 3.8) is 0 Å². The highest BCUT2D eigenvalue weighted by molar-refractivity contribution is 5.68. The van der Waals surface area contributed by atoms with Gasteiger partial charge in [0.2, 0.25) is 0 Å². The fraction of sp³-hybridized carbons (Fsp3) is 0.950. The molecule has 0 aromatic heterocycles. The fourth-order valence-corrected chi connectivity index (χ4v) is 4.14. The van der Waals surface area contributed by atoms with Crippen LogP contribution in [-0.4, -0.2) is 19.1 Å². The maximum atomic E-state index is 11.1. The van der Waals surface area contributed by atoms with Gasteiger partial charge in [0.1, 0.15) is 0 Å². The zero-order valence-electron chi connectivity index (χ0n) is 15.5. The van der Waals surface area contributed by atoms with Crippen LogP contribution in [0.2, 0.25) is 0 Å². The van der Waals surface area contributed by atoms with E-state index in [1.807, 2.05) is 0 Å². The van der Waals surface area contributed by atoms with Crippen molar-refractivity contribution in [2.24, 2.45) is 17.6 Å². The van der Waals surface area contributed by atoms with E-state index in [2.05, 4.69) is 11.7 Å². The summed E-state index contributed by atoms with van der Waals surface area (Å²) >= 11 is 0. The van der Waals surface area contributed by atoms with Gasteiger partial charge in [-0.1, -0.05) is 71.1 Å². The lowest BCUT2D eigenvalue weighted by Crippen LogP contribution is -2.38. The molecule has 3 nitrogen and oxygen atoms in total. The van der Waals surface area contributed by atoms with Gasteiger partial charge >= 0.3 is 5.97 Å². The molecule has 1 aliphatic rings. The number of esters is 1. The van der Waals surface area contributed by atoms with Crippen LogP contribution in [0.5, 0.6) is 0 Å². The summed E-state index contributed by atoms with van der Waals surface area (Å²) in [4.78, 5) is 11.1. The SMILES string of the molecule is CCCCCC[C@H]1CCC[C@@H](N)[C@H]1CCCCCCC(=O)OC. The average molecular weight is 326 g/mol. The Bertz CT molecular complexity index is 306. The number of nitrogens with two attached hydrogens (primary N) is 1. The summed E-state index contributed by atoms with van der Waals surface area (Å²) < 4.78 is 4.68. The summed E-state index contributed by atoms with van der Waals surface area (Å²) in [5, 5.41) is 0. The predicted octanol–water partition coefficient (Wildman–Crippen LogP) is 5.21. The molecule has 1 fully saturated rings. The molecule has 0 amide bonds. The summed E-state index contributed by atoms with van der Waals surface area (Å²) in [7, 11) is 1.47. The number of carbonyl (C=O) groups is 1. The smallest absolute Gasteiger partial charge is 0.305 e. The number of hydrogen-bond acceptors (Lipinski definition) is 3. The normalized spacial score (nSPS) is 24.6. The van der Waals surface area contributed by atoms with Gasteiger partial charge in [-0.2, -0.15) is 0 Å². The van der Waals surface area contributed by atoms with Crippen LogP contribution in [-0.2, 0) is 9.53 Å². The minimum absolute atomic E-state index is 0.0774. The number of hydrogen-bond donors (Lipinski definition) is 1. The lowest BCUT2D eigenvalue weighted by Gasteiger charge is -2.37. The van der Waals surface area contributed by atoms with Crippen molar-refractivity contribution in [2.75, 3.05) is 7.11 Å². The first-order chi connectivity index (χ1) is 11.2. The van der Waals surface area contributed by atoms with E-state index < -0.39 is 0 Å². The fourth-order valence-electron chi connectivity index (χ4n) is 4.14. The number of methoxy groups -OCH3 is 1. The van der Waals surface area contributed by atoms with Crippen molar-refractivity contribution < 1.29 is 9.53 Å². The molecule has 0 saturated heterocycles. The first kappa shape index (κ1) is 20.5. The number of carbonyl (C=O) groups excluding carboxylic acids is 1. The molecule has 0 aliphatic heterocycles. The lowest BCUT2D eigenvalue weighted by atomic mass is 9.72. The minimum Gasteiger partial charge on any atom is -0.469 e. The number of rotatable bonds is 12. The number of unbranched alkanes of at least 4 members (excludes halogenated alkanes) is 6. The molecule has 2 N–H and O–H groups in total. The van der Waals surface area contributed by atoms with E-state index in [0.717, 1.165) is 24.7 Å². The highest BCUT2D eigenvalue weighted by atomic mass is 16.5. The highest BCUT2D eigenvalue weighted by Gasteiger charge is 2.29. The van der Waals surface area contributed by atoms with E-state index in [0.29, 0.717) is 12.5 Å². The summed E-state index contributed by atoms with van der Waals surface area (Å²) in [6, 6.07) is 0.426. The van der Waals surface area contributed by atoms with E-state index in [-0.39, 0.29) is 5.97 Å². The van der Waals surface area contributed by atoms with Crippen LogP contribution in [0, 0.1) is 11.8 Å². The summed E-state index contributed by atoms with van der Waals surface area (Å²) in [5.41, 5.74) is 6.44. The molecule has 3 atom stereocenters. The molecular formula is C20H39NO2. The van der Waals surface area contributed by atoms with E-state index in [9.17, 15) is 4.79 Å². The molecule has 23 heavy (non-hydrogen) atoms. The van der Waals surface area contributed by atoms with Gasteiger partial charge in [-0.15, -0.1) is 0 Å². The lowest BCUT2D eigenvalue weighted by molar-refractivity contribution is -0.140. The van der Waals surface area contributed by atoms with Crippen LogP contribution in [0.4, 0.5) is 0 Å². The van der Waals surface area contributed by atoms with Gasteiger partial charge in [-0.3, -0.25) is 4.79 Å². The van der Waals surface area contributed by atoms with Gasteiger partial charge in [0, 0.05) is 12.5 Å². The summed E-state index contributed by atoms with van der Waals surface area (Å²) in [5.74, 6) is 1.53. The van der Waals surface area contributed by atoms with Gasteiger partial charge in [0.05, 0.1) is 7.11 Å². The zero-order chi connectivity index (χ0) is 16.9. The molecule has 136 valence electrons. The van der Waals surface area contributed by atoms with Crippen molar-refractivity contribution in [2.45, 2.75) is 103 Å². The Hall–Kier alpha value is -0.570. The van der Waals surface area contributed by atoms with Crippen LogP contribution < -0.4 is 5.73 Å². The Labute approximate surface area is 143 Å². The third-order valence-corrected chi connectivity index (χ3v) is 5.59. The van der Waals surface area contributed by atoms with Crippen molar-refractivity contribution in [1.29, 1.82) is 0 Å². The molecular weight excluding hydrogens is 286 g/mol. The zero-order valence-corrected chi connectivity index (χ0v) is 15.5. The van der Waals surface area contributed by atoms with Gasteiger partial charge < -0.3 is 10.5 Å². The van der Waals surface area contributed by atoms with Crippen LogP contribution in [0.15, 0.2) is 0 Å². The maximum absolute atomic E-state index is 11.1. The Morgan fingerprint density at radius 2 is 1.70 bits per heavy atom. The second kappa shape index (κ2) is 12.8. The standard InChI is InChI=1S/C20H39NO2/c1-3-4-5-8-12-17-13-11-15-19(21)18(17)14-9-6-7-10-16-20(22)23-2/h17-19H,3-16,21H2,1-2H3/t17-,18-,19+/m0/s1. The van der Waals surface area contributed by atoms with Gasteiger partial charge in [-0.05, 0) is 31.1 Å². The van der Waals surface area contributed by atoms with E-state index in [1.54, 1.807) is 0 Å². The molecule has 0 aromatic carbocycles.